The largest absolute Gasteiger partial charge is 0.456 e. The van der Waals surface area contributed by atoms with E-state index in [1.807, 2.05) is 0 Å². The van der Waals surface area contributed by atoms with Crippen molar-refractivity contribution in [2.45, 2.75) is 19.2 Å². The minimum Gasteiger partial charge on any atom is -0.456 e. The fourth-order valence-electron chi connectivity index (χ4n) is 1.77. The summed E-state index contributed by atoms with van der Waals surface area (Å²) in [7, 11) is 0. The van der Waals surface area contributed by atoms with Crippen LogP contribution >= 0.6 is 15.9 Å². The molecule has 0 heterocycles. The smallest absolute Gasteiger partial charge is 0.419 e. The van der Waals surface area contributed by atoms with Gasteiger partial charge in [-0.25, -0.2) is 0 Å². The summed E-state index contributed by atoms with van der Waals surface area (Å²) in [5, 5.41) is 9.47. The lowest BCUT2D eigenvalue weighted by Gasteiger charge is -2.15. The van der Waals surface area contributed by atoms with Crippen molar-refractivity contribution >= 4 is 15.9 Å². The van der Waals surface area contributed by atoms with Crippen molar-refractivity contribution in [2.24, 2.45) is 0 Å². The van der Waals surface area contributed by atoms with Gasteiger partial charge in [-0.3, -0.25) is 0 Å². The van der Waals surface area contributed by atoms with Gasteiger partial charge in [-0.1, -0.05) is 18.2 Å². The molecule has 0 saturated heterocycles. The predicted molar refractivity (Wildman–Crippen MR) is 76.3 cm³/mol. The second kappa shape index (κ2) is 6.07. The van der Waals surface area contributed by atoms with Crippen LogP contribution in [0.1, 0.15) is 24.2 Å². The summed E-state index contributed by atoms with van der Waals surface area (Å²) < 4.78 is 44.5. The first kappa shape index (κ1) is 15.9. The van der Waals surface area contributed by atoms with Gasteiger partial charge in [0.05, 0.1) is 16.1 Å². The average Bonchev–Trinajstić information content (AvgIpc) is 2.40. The molecule has 0 saturated carbocycles. The number of para-hydroxylation sites is 1. The second-order valence-corrected chi connectivity index (χ2v) is 5.32. The lowest BCUT2D eigenvalue weighted by atomic mass is 10.1. The minimum absolute atomic E-state index is 0.246. The van der Waals surface area contributed by atoms with Gasteiger partial charge >= 0.3 is 6.18 Å². The predicted octanol–water partition coefficient (Wildman–Crippen LogP) is 5.31. The summed E-state index contributed by atoms with van der Waals surface area (Å²) in [4.78, 5) is 0. The first-order valence-electron chi connectivity index (χ1n) is 6.10. The average molecular weight is 361 g/mol. The van der Waals surface area contributed by atoms with Crippen LogP contribution in [0.2, 0.25) is 0 Å². The number of halogens is 4. The van der Waals surface area contributed by atoms with Crippen molar-refractivity contribution in [1.29, 1.82) is 0 Å². The van der Waals surface area contributed by atoms with Gasteiger partial charge in [0.15, 0.2) is 0 Å². The summed E-state index contributed by atoms with van der Waals surface area (Å²) in [6, 6.07) is 9.73. The van der Waals surface area contributed by atoms with E-state index < -0.39 is 17.8 Å². The van der Waals surface area contributed by atoms with Crippen LogP contribution in [0.4, 0.5) is 13.2 Å². The SMILES string of the molecule is CC(O)c1ccc(Oc2ccccc2C(F)(F)F)c(Br)c1. The Labute approximate surface area is 128 Å². The van der Waals surface area contributed by atoms with E-state index >= 15 is 0 Å². The standard InChI is InChI=1S/C15H12BrF3O2/c1-9(20)10-6-7-14(12(16)8-10)21-13-5-3-2-4-11(13)15(17,18)19/h2-9,20H,1H3. The molecule has 0 spiro atoms. The van der Waals surface area contributed by atoms with Gasteiger partial charge in [-0.2, -0.15) is 13.2 Å². The number of hydrogen-bond donors (Lipinski definition) is 1. The molecule has 0 aliphatic carbocycles. The van der Waals surface area contributed by atoms with Gasteiger partial charge in [0.1, 0.15) is 11.5 Å². The summed E-state index contributed by atoms with van der Waals surface area (Å²) in [6.07, 6.45) is -5.15. The first-order chi connectivity index (χ1) is 9.79. The number of ether oxygens (including phenoxy) is 1. The van der Waals surface area contributed by atoms with Gasteiger partial charge in [-0.05, 0) is 52.7 Å². The van der Waals surface area contributed by atoms with Crippen molar-refractivity contribution < 1.29 is 23.0 Å². The summed E-state index contributed by atoms with van der Waals surface area (Å²) in [5.41, 5.74) is -0.199. The highest BCUT2D eigenvalue weighted by Gasteiger charge is 2.34. The molecule has 21 heavy (non-hydrogen) atoms. The highest BCUT2D eigenvalue weighted by Crippen LogP contribution is 2.39. The fourth-order valence-corrected chi connectivity index (χ4v) is 2.25. The Morgan fingerprint density at radius 2 is 1.76 bits per heavy atom. The van der Waals surface area contributed by atoms with Crippen molar-refractivity contribution in [3.63, 3.8) is 0 Å². The normalized spacial score (nSPS) is 13.0. The molecular weight excluding hydrogens is 349 g/mol. The van der Waals surface area contributed by atoms with E-state index in [2.05, 4.69) is 15.9 Å². The van der Waals surface area contributed by atoms with Crippen LogP contribution in [-0.4, -0.2) is 5.11 Å². The van der Waals surface area contributed by atoms with E-state index in [1.54, 1.807) is 19.1 Å². The Morgan fingerprint density at radius 3 is 2.33 bits per heavy atom. The zero-order valence-corrected chi connectivity index (χ0v) is 12.6. The van der Waals surface area contributed by atoms with Crippen molar-refractivity contribution in [2.75, 3.05) is 0 Å². The van der Waals surface area contributed by atoms with Gasteiger partial charge in [0.25, 0.3) is 0 Å². The topological polar surface area (TPSA) is 29.5 Å². The van der Waals surface area contributed by atoms with E-state index in [-0.39, 0.29) is 11.5 Å². The van der Waals surface area contributed by atoms with Crippen LogP contribution in [0.3, 0.4) is 0 Å². The van der Waals surface area contributed by atoms with Crippen molar-refractivity contribution in [3.05, 3.63) is 58.1 Å². The minimum atomic E-state index is -4.48. The summed E-state index contributed by atoms with van der Waals surface area (Å²) in [5.74, 6) is -0.0217. The number of alkyl halides is 3. The van der Waals surface area contributed by atoms with Gasteiger partial charge in [-0.15, -0.1) is 0 Å². The lowest BCUT2D eigenvalue weighted by molar-refractivity contribution is -0.138. The third-order valence-electron chi connectivity index (χ3n) is 2.85. The maximum atomic E-state index is 12.9. The Kier molecular flexibility index (Phi) is 4.58. The summed E-state index contributed by atoms with van der Waals surface area (Å²) in [6.45, 7) is 1.60. The maximum absolute atomic E-state index is 12.9. The third kappa shape index (κ3) is 3.77. The van der Waals surface area contributed by atoms with Crippen LogP contribution in [0.25, 0.3) is 0 Å². The van der Waals surface area contributed by atoms with E-state index in [1.165, 1.54) is 24.3 Å². The van der Waals surface area contributed by atoms with Gasteiger partial charge in [0, 0.05) is 0 Å². The highest BCUT2D eigenvalue weighted by molar-refractivity contribution is 9.10. The van der Waals surface area contributed by atoms with Crippen LogP contribution in [0, 0.1) is 0 Å². The molecule has 2 aromatic carbocycles. The van der Waals surface area contributed by atoms with Crippen LogP contribution in [-0.2, 0) is 6.18 Å². The Morgan fingerprint density at radius 1 is 1.10 bits per heavy atom. The van der Waals surface area contributed by atoms with Crippen LogP contribution < -0.4 is 4.74 Å². The zero-order chi connectivity index (χ0) is 15.6. The van der Waals surface area contributed by atoms with Gasteiger partial charge < -0.3 is 9.84 Å². The Balaban J connectivity index is 2.35. The molecule has 6 heteroatoms. The first-order valence-corrected chi connectivity index (χ1v) is 6.90. The molecule has 1 unspecified atom stereocenters. The molecule has 0 bridgehead atoms. The van der Waals surface area contributed by atoms with Crippen LogP contribution in [0.5, 0.6) is 11.5 Å². The summed E-state index contributed by atoms with van der Waals surface area (Å²) >= 11 is 3.23. The molecule has 112 valence electrons. The van der Waals surface area contributed by atoms with Gasteiger partial charge in [0.2, 0.25) is 0 Å². The molecule has 0 aromatic heterocycles. The lowest BCUT2D eigenvalue weighted by Crippen LogP contribution is -2.06. The molecule has 0 aliphatic rings. The van der Waals surface area contributed by atoms with E-state index in [9.17, 15) is 18.3 Å². The molecular formula is C15H12BrF3O2. The zero-order valence-electron chi connectivity index (χ0n) is 11.0. The Bertz CT molecular complexity index is 639. The second-order valence-electron chi connectivity index (χ2n) is 4.46. The number of benzene rings is 2. The monoisotopic (exact) mass is 360 g/mol. The van der Waals surface area contributed by atoms with E-state index in [0.717, 1.165) is 6.07 Å². The fraction of sp³-hybridized carbons (Fsp3) is 0.200. The molecule has 2 rings (SSSR count). The third-order valence-corrected chi connectivity index (χ3v) is 3.47. The molecule has 2 nitrogen and oxygen atoms in total. The molecule has 0 radical (unpaired) electrons. The Hall–Kier alpha value is -1.53. The molecule has 1 N–H and O–H groups in total. The molecule has 0 aliphatic heterocycles. The van der Waals surface area contributed by atoms with E-state index in [0.29, 0.717) is 10.0 Å². The number of hydrogen-bond acceptors (Lipinski definition) is 2. The molecule has 2 aromatic rings. The molecule has 1 atom stereocenters. The quantitative estimate of drug-likeness (QED) is 0.803. The van der Waals surface area contributed by atoms with Crippen molar-refractivity contribution in [1.82, 2.24) is 0 Å². The van der Waals surface area contributed by atoms with Crippen LogP contribution in [0.15, 0.2) is 46.9 Å². The maximum Gasteiger partial charge on any atom is 0.419 e. The van der Waals surface area contributed by atoms with Crippen molar-refractivity contribution in [3.8, 4) is 11.5 Å². The highest BCUT2D eigenvalue weighted by atomic mass is 79.9. The van der Waals surface area contributed by atoms with E-state index in [4.69, 9.17) is 4.74 Å². The molecule has 0 fully saturated rings. The number of aliphatic hydroxyl groups excluding tert-OH is 1. The number of rotatable bonds is 3. The number of aliphatic hydroxyl groups is 1. The molecule has 0 amide bonds.